The van der Waals surface area contributed by atoms with E-state index in [9.17, 15) is 5.11 Å². The van der Waals surface area contributed by atoms with E-state index in [1.54, 1.807) is 0 Å². The summed E-state index contributed by atoms with van der Waals surface area (Å²) < 4.78 is 0. The number of aliphatic hydroxyl groups is 1. The van der Waals surface area contributed by atoms with Crippen molar-refractivity contribution in [3.8, 4) is 0 Å². The Balaban J connectivity index is 2.01. The van der Waals surface area contributed by atoms with Gasteiger partial charge in [-0.15, -0.1) is 11.8 Å². The molecule has 0 bridgehead atoms. The number of hydrogen-bond donors (Lipinski definition) is 2. The van der Waals surface area contributed by atoms with Gasteiger partial charge in [0, 0.05) is 28.6 Å². The summed E-state index contributed by atoms with van der Waals surface area (Å²) in [4.78, 5) is 1.41. The van der Waals surface area contributed by atoms with Crippen molar-refractivity contribution < 1.29 is 5.11 Å². The molecule has 2 nitrogen and oxygen atoms in total. The maximum atomic E-state index is 10.1. The van der Waals surface area contributed by atoms with E-state index in [0.717, 1.165) is 12.3 Å². The van der Waals surface area contributed by atoms with Gasteiger partial charge in [-0.2, -0.15) is 0 Å². The topological polar surface area (TPSA) is 32.3 Å². The highest BCUT2D eigenvalue weighted by Crippen LogP contribution is 2.39. The second-order valence-corrected chi connectivity index (χ2v) is 7.17. The summed E-state index contributed by atoms with van der Waals surface area (Å²) in [5, 5.41) is 13.7. The normalized spacial score (nSPS) is 19.9. The maximum Gasteiger partial charge on any atom is 0.0767 e. The van der Waals surface area contributed by atoms with Gasteiger partial charge in [0.05, 0.1) is 5.60 Å². The third kappa shape index (κ3) is 2.73. The van der Waals surface area contributed by atoms with Crippen LogP contribution in [0.3, 0.4) is 0 Å². The van der Waals surface area contributed by atoms with E-state index in [2.05, 4.69) is 43.4 Å². The molecule has 18 heavy (non-hydrogen) atoms. The lowest BCUT2D eigenvalue weighted by Gasteiger charge is -2.39. The lowest BCUT2D eigenvalue weighted by molar-refractivity contribution is -0.00472. The quantitative estimate of drug-likeness (QED) is 0.878. The maximum absolute atomic E-state index is 10.1. The van der Waals surface area contributed by atoms with Crippen molar-refractivity contribution in [1.82, 2.24) is 5.32 Å². The minimum absolute atomic E-state index is 0.283. The van der Waals surface area contributed by atoms with E-state index in [-0.39, 0.29) is 5.54 Å². The highest BCUT2D eigenvalue weighted by atomic mass is 32.2. The Morgan fingerprint density at radius 3 is 2.61 bits per heavy atom. The molecule has 0 fully saturated rings. The predicted octanol–water partition coefficient (Wildman–Crippen LogP) is 3.02. The molecule has 0 saturated carbocycles. The van der Waals surface area contributed by atoms with E-state index < -0.39 is 5.60 Å². The molecule has 1 unspecified atom stereocenters. The van der Waals surface area contributed by atoms with Crippen LogP contribution in [0.2, 0.25) is 0 Å². The van der Waals surface area contributed by atoms with E-state index in [0.29, 0.717) is 5.92 Å². The lowest BCUT2D eigenvalue weighted by Crippen LogP contribution is -2.56. The van der Waals surface area contributed by atoms with Crippen molar-refractivity contribution in [2.24, 2.45) is 0 Å². The van der Waals surface area contributed by atoms with Crippen LogP contribution in [-0.2, 0) is 0 Å². The Labute approximate surface area is 114 Å². The van der Waals surface area contributed by atoms with Crippen molar-refractivity contribution in [2.45, 2.75) is 49.6 Å². The summed E-state index contributed by atoms with van der Waals surface area (Å²) >= 11 is 1.93. The van der Waals surface area contributed by atoms with Gasteiger partial charge in [0.1, 0.15) is 0 Å². The van der Waals surface area contributed by atoms with Crippen LogP contribution in [0.5, 0.6) is 0 Å². The third-order valence-corrected chi connectivity index (χ3v) is 5.37. The van der Waals surface area contributed by atoms with Crippen LogP contribution in [-0.4, -0.2) is 28.5 Å². The standard InChI is InChI=1S/C15H23NOS/c1-14(2,15(3,4)17)16-9-11-10-18-13-8-6-5-7-12(11)13/h5-8,11,16-17H,9-10H2,1-4H3. The molecular formula is C15H23NOS. The van der Waals surface area contributed by atoms with Gasteiger partial charge in [-0.3, -0.25) is 0 Å². The van der Waals surface area contributed by atoms with Gasteiger partial charge in [-0.05, 0) is 39.3 Å². The molecule has 1 heterocycles. The second-order valence-electron chi connectivity index (χ2n) is 6.11. The van der Waals surface area contributed by atoms with E-state index in [1.165, 1.54) is 10.5 Å². The Hall–Kier alpha value is -0.510. The molecule has 1 aromatic carbocycles. The molecule has 2 N–H and O–H groups in total. The van der Waals surface area contributed by atoms with Gasteiger partial charge in [0.25, 0.3) is 0 Å². The molecule has 100 valence electrons. The fourth-order valence-corrected chi connectivity index (χ4v) is 3.25. The summed E-state index contributed by atoms with van der Waals surface area (Å²) in [6.07, 6.45) is 0. The van der Waals surface area contributed by atoms with Crippen LogP contribution in [0.4, 0.5) is 0 Å². The second kappa shape index (κ2) is 4.87. The molecule has 0 aliphatic carbocycles. The first-order valence-electron chi connectivity index (χ1n) is 6.50. The number of hydrogen-bond acceptors (Lipinski definition) is 3. The van der Waals surface area contributed by atoms with Crippen LogP contribution in [0.1, 0.15) is 39.2 Å². The first kappa shape index (κ1) is 13.9. The highest BCUT2D eigenvalue weighted by molar-refractivity contribution is 7.99. The highest BCUT2D eigenvalue weighted by Gasteiger charge is 2.35. The number of benzene rings is 1. The summed E-state index contributed by atoms with van der Waals surface area (Å²) in [7, 11) is 0. The molecule has 1 atom stereocenters. The monoisotopic (exact) mass is 265 g/mol. The molecule has 0 radical (unpaired) electrons. The van der Waals surface area contributed by atoms with Crippen molar-refractivity contribution in [1.29, 1.82) is 0 Å². The molecule has 1 aromatic rings. The van der Waals surface area contributed by atoms with Crippen molar-refractivity contribution >= 4 is 11.8 Å². The largest absolute Gasteiger partial charge is 0.389 e. The molecule has 3 heteroatoms. The molecule has 0 amide bonds. The lowest BCUT2D eigenvalue weighted by atomic mass is 9.85. The Bertz CT molecular complexity index is 423. The molecule has 2 rings (SSSR count). The van der Waals surface area contributed by atoms with Gasteiger partial charge in [0.15, 0.2) is 0 Å². The number of thioether (sulfide) groups is 1. The molecular weight excluding hydrogens is 242 g/mol. The van der Waals surface area contributed by atoms with Gasteiger partial charge >= 0.3 is 0 Å². The van der Waals surface area contributed by atoms with Crippen molar-refractivity contribution in [2.75, 3.05) is 12.3 Å². The average molecular weight is 265 g/mol. The predicted molar refractivity (Wildman–Crippen MR) is 78.3 cm³/mol. The smallest absolute Gasteiger partial charge is 0.0767 e. The summed E-state index contributed by atoms with van der Waals surface area (Å²) in [5.74, 6) is 1.68. The van der Waals surface area contributed by atoms with Crippen LogP contribution >= 0.6 is 11.8 Å². The van der Waals surface area contributed by atoms with Gasteiger partial charge < -0.3 is 10.4 Å². The first-order valence-corrected chi connectivity index (χ1v) is 7.49. The summed E-state index contributed by atoms with van der Waals surface area (Å²) in [6.45, 7) is 8.75. The van der Waals surface area contributed by atoms with E-state index in [1.807, 2.05) is 25.6 Å². The SMILES string of the molecule is CC(C)(O)C(C)(C)NCC1CSc2ccccc21. The fourth-order valence-electron chi connectivity index (χ4n) is 1.99. The van der Waals surface area contributed by atoms with E-state index >= 15 is 0 Å². The number of rotatable bonds is 4. The molecule has 0 spiro atoms. The molecule has 0 aromatic heterocycles. The summed E-state index contributed by atoms with van der Waals surface area (Å²) in [5.41, 5.74) is 0.439. The number of fused-ring (bicyclic) bond motifs is 1. The van der Waals surface area contributed by atoms with Crippen molar-refractivity contribution in [3.05, 3.63) is 29.8 Å². The zero-order chi connectivity index (χ0) is 13.4. The average Bonchev–Trinajstić information content (AvgIpc) is 2.68. The third-order valence-electron chi connectivity index (χ3n) is 4.12. The van der Waals surface area contributed by atoms with Crippen LogP contribution in [0, 0.1) is 0 Å². The van der Waals surface area contributed by atoms with Crippen LogP contribution < -0.4 is 5.32 Å². The molecule has 0 saturated heterocycles. The Kier molecular flexibility index (Phi) is 3.77. The zero-order valence-electron chi connectivity index (χ0n) is 11.7. The fraction of sp³-hybridized carbons (Fsp3) is 0.600. The first-order chi connectivity index (χ1) is 8.31. The van der Waals surface area contributed by atoms with Gasteiger partial charge in [-0.1, -0.05) is 18.2 Å². The van der Waals surface area contributed by atoms with E-state index in [4.69, 9.17) is 0 Å². The van der Waals surface area contributed by atoms with Gasteiger partial charge in [0.2, 0.25) is 0 Å². The Morgan fingerprint density at radius 2 is 1.94 bits per heavy atom. The van der Waals surface area contributed by atoms with Crippen LogP contribution in [0.15, 0.2) is 29.2 Å². The number of nitrogens with one attached hydrogen (secondary N) is 1. The Morgan fingerprint density at radius 1 is 1.28 bits per heavy atom. The minimum Gasteiger partial charge on any atom is -0.389 e. The molecule has 1 aliphatic rings. The molecule has 1 aliphatic heterocycles. The van der Waals surface area contributed by atoms with Crippen LogP contribution in [0.25, 0.3) is 0 Å². The van der Waals surface area contributed by atoms with Crippen molar-refractivity contribution in [3.63, 3.8) is 0 Å². The summed E-state index contributed by atoms with van der Waals surface area (Å²) in [6, 6.07) is 8.63. The minimum atomic E-state index is -0.724. The van der Waals surface area contributed by atoms with Gasteiger partial charge in [-0.25, -0.2) is 0 Å². The zero-order valence-corrected chi connectivity index (χ0v) is 12.5.